The zero-order chi connectivity index (χ0) is 13.7. The lowest BCUT2D eigenvalue weighted by Gasteiger charge is -2.16. The molecule has 0 heterocycles. The molecular formula is C18H23N. The van der Waals surface area contributed by atoms with E-state index in [-0.39, 0.29) is 0 Å². The van der Waals surface area contributed by atoms with Crippen LogP contribution in [0.2, 0.25) is 0 Å². The summed E-state index contributed by atoms with van der Waals surface area (Å²) in [4.78, 5) is 0. The molecular weight excluding hydrogens is 230 g/mol. The third-order valence-corrected chi connectivity index (χ3v) is 3.70. The summed E-state index contributed by atoms with van der Waals surface area (Å²) < 4.78 is 0. The Morgan fingerprint density at radius 3 is 2.21 bits per heavy atom. The van der Waals surface area contributed by atoms with E-state index in [2.05, 4.69) is 74.6 Å². The maximum Gasteiger partial charge on any atom is 0.0297 e. The zero-order valence-corrected chi connectivity index (χ0v) is 12.1. The van der Waals surface area contributed by atoms with E-state index in [4.69, 9.17) is 0 Å². The topological polar surface area (TPSA) is 12.0 Å². The molecule has 0 fully saturated rings. The van der Waals surface area contributed by atoms with Gasteiger partial charge in [-0.15, -0.1) is 0 Å². The highest BCUT2D eigenvalue weighted by Crippen LogP contribution is 2.17. The molecule has 1 N–H and O–H groups in total. The van der Waals surface area contributed by atoms with Crippen molar-refractivity contribution >= 4 is 0 Å². The van der Waals surface area contributed by atoms with Gasteiger partial charge in [0.1, 0.15) is 0 Å². The van der Waals surface area contributed by atoms with Crippen LogP contribution in [0.15, 0.2) is 48.5 Å². The summed E-state index contributed by atoms with van der Waals surface area (Å²) in [5.74, 6) is 0. The van der Waals surface area contributed by atoms with Crippen LogP contribution >= 0.6 is 0 Å². The van der Waals surface area contributed by atoms with Crippen molar-refractivity contribution in [1.82, 2.24) is 5.32 Å². The first-order chi connectivity index (χ1) is 9.20. The fraction of sp³-hybridized carbons (Fsp3) is 0.333. The standard InChI is InChI=1S/C18H23N/c1-4-16-9-11-17(12-10-16)13-19-15(3)18-8-6-5-7-14(18)2/h5-12,15,19H,4,13H2,1-3H3/t15-/m1/s1. The summed E-state index contributed by atoms with van der Waals surface area (Å²) in [6.07, 6.45) is 1.10. The molecule has 0 radical (unpaired) electrons. The number of nitrogens with one attached hydrogen (secondary N) is 1. The molecule has 0 aromatic heterocycles. The second kappa shape index (κ2) is 6.53. The molecule has 2 aromatic rings. The van der Waals surface area contributed by atoms with Crippen LogP contribution in [0.5, 0.6) is 0 Å². The fourth-order valence-electron chi connectivity index (χ4n) is 2.35. The Bertz CT molecular complexity index is 513. The molecule has 0 aliphatic rings. The van der Waals surface area contributed by atoms with Gasteiger partial charge >= 0.3 is 0 Å². The summed E-state index contributed by atoms with van der Waals surface area (Å²) in [5, 5.41) is 3.59. The molecule has 0 saturated heterocycles. The van der Waals surface area contributed by atoms with Crippen LogP contribution in [0.1, 0.15) is 42.1 Å². The quantitative estimate of drug-likeness (QED) is 0.832. The van der Waals surface area contributed by atoms with Crippen molar-refractivity contribution in [3.63, 3.8) is 0 Å². The lowest BCUT2D eigenvalue weighted by atomic mass is 10.0. The van der Waals surface area contributed by atoms with Gasteiger partial charge < -0.3 is 5.32 Å². The number of aryl methyl sites for hydroxylation is 2. The SMILES string of the molecule is CCc1ccc(CN[C@H](C)c2ccccc2C)cc1. The van der Waals surface area contributed by atoms with Crippen LogP contribution in [0, 0.1) is 6.92 Å². The van der Waals surface area contributed by atoms with Gasteiger partial charge in [0.2, 0.25) is 0 Å². The Kier molecular flexibility index (Phi) is 4.75. The van der Waals surface area contributed by atoms with Gasteiger partial charge in [-0.05, 0) is 42.5 Å². The predicted molar refractivity (Wildman–Crippen MR) is 82.3 cm³/mol. The second-order valence-corrected chi connectivity index (χ2v) is 5.13. The number of benzene rings is 2. The summed E-state index contributed by atoms with van der Waals surface area (Å²) in [6.45, 7) is 7.50. The molecule has 1 nitrogen and oxygen atoms in total. The Morgan fingerprint density at radius 2 is 1.58 bits per heavy atom. The third-order valence-electron chi connectivity index (χ3n) is 3.70. The maximum absolute atomic E-state index is 3.59. The van der Waals surface area contributed by atoms with Gasteiger partial charge in [-0.1, -0.05) is 55.5 Å². The Labute approximate surface area is 116 Å². The highest BCUT2D eigenvalue weighted by molar-refractivity contribution is 5.28. The summed E-state index contributed by atoms with van der Waals surface area (Å²) in [7, 11) is 0. The minimum absolute atomic E-state index is 0.382. The largest absolute Gasteiger partial charge is 0.306 e. The third kappa shape index (κ3) is 3.68. The highest BCUT2D eigenvalue weighted by Gasteiger charge is 2.06. The van der Waals surface area contributed by atoms with E-state index in [0.29, 0.717) is 6.04 Å². The average molecular weight is 253 g/mol. The van der Waals surface area contributed by atoms with Crippen molar-refractivity contribution in [2.75, 3.05) is 0 Å². The van der Waals surface area contributed by atoms with E-state index in [0.717, 1.165) is 13.0 Å². The van der Waals surface area contributed by atoms with Gasteiger partial charge in [0.25, 0.3) is 0 Å². The molecule has 0 amide bonds. The maximum atomic E-state index is 3.59. The highest BCUT2D eigenvalue weighted by atomic mass is 14.9. The van der Waals surface area contributed by atoms with Crippen molar-refractivity contribution in [1.29, 1.82) is 0 Å². The molecule has 2 aromatic carbocycles. The molecule has 0 spiro atoms. The Hall–Kier alpha value is -1.60. The molecule has 0 aliphatic carbocycles. The molecule has 19 heavy (non-hydrogen) atoms. The molecule has 2 rings (SSSR count). The predicted octanol–water partition coefficient (Wildman–Crippen LogP) is 4.41. The van der Waals surface area contributed by atoms with E-state index in [9.17, 15) is 0 Å². The minimum Gasteiger partial charge on any atom is -0.306 e. The van der Waals surface area contributed by atoms with Gasteiger partial charge in [0.05, 0.1) is 0 Å². The number of hydrogen-bond donors (Lipinski definition) is 1. The van der Waals surface area contributed by atoms with Crippen LogP contribution in [-0.2, 0) is 13.0 Å². The van der Waals surface area contributed by atoms with Gasteiger partial charge in [-0.2, -0.15) is 0 Å². The van der Waals surface area contributed by atoms with Gasteiger partial charge in [-0.3, -0.25) is 0 Å². The second-order valence-electron chi connectivity index (χ2n) is 5.13. The lowest BCUT2D eigenvalue weighted by Crippen LogP contribution is -2.18. The van der Waals surface area contributed by atoms with E-state index in [1.165, 1.54) is 22.3 Å². The fourth-order valence-corrected chi connectivity index (χ4v) is 2.35. The molecule has 1 atom stereocenters. The summed E-state index contributed by atoms with van der Waals surface area (Å²) >= 11 is 0. The van der Waals surface area contributed by atoms with Crippen LogP contribution in [0.25, 0.3) is 0 Å². The first kappa shape index (κ1) is 13.8. The molecule has 0 aliphatic heterocycles. The number of rotatable bonds is 5. The Balaban J connectivity index is 1.96. The van der Waals surface area contributed by atoms with Crippen molar-refractivity contribution in [2.24, 2.45) is 0 Å². The van der Waals surface area contributed by atoms with E-state index in [1.54, 1.807) is 0 Å². The van der Waals surface area contributed by atoms with Crippen molar-refractivity contribution in [3.8, 4) is 0 Å². The molecule has 0 saturated carbocycles. The normalized spacial score (nSPS) is 12.4. The van der Waals surface area contributed by atoms with E-state index in [1.807, 2.05) is 0 Å². The monoisotopic (exact) mass is 253 g/mol. The Morgan fingerprint density at radius 1 is 0.947 bits per heavy atom. The minimum atomic E-state index is 0.382. The molecule has 100 valence electrons. The van der Waals surface area contributed by atoms with Gasteiger partial charge in [0.15, 0.2) is 0 Å². The first-order valence-corrected chi connectivity index (χ1v) is 7.07. The first-order valence-electron chi connectivity index (χ1n) is 7.07. The van der Waals surface area contributed by atoms with Crippen molar-refractivity contribution in [2.45, 2.75) is 39.8 Å². The van der Waals surface area contributed by atoms with Gasteiger partial charge in [0, 0.05) is 12.6 Å². The summed E-state index contributed by atoms with van der Waals surface area (Å²) in [6, 6.07) is 17.8. The lowest BCUT2D eigenvalue weighted by molar-refractivity contribution is 0.572. The van der Waals surface area contributed by atoms with Crippen LogP contribution in [0.3, 0.4) is 0 Å². The average Bonchev–Trinajstić information content (AvgIpc) is 2.46. The van der Waals surface area contributed by atoms with E-state index < -0.39 is 0 Å². The zero-order valence-electron chi connectivity index (χ0n) is 12.1. The van der Waals surface area contributed by atoms with Crippen LogP contribution in [-0.4, -0.2) is 0 Å². The molecule has 0 bridgehead atoms. The van der Waals surface area contributed by atoms with Crippen LogP contribution < -0.4 is 5.32 Å². The van der Waals surface area contributed by atoms with Gasteiger partial charge in [-0.25, -0.2) is 0 Å². The van der Waals surface area contributed by atoms with Crippen LogP contribution in [0.4, 0.5) is 0 Å². The van der Waals surface area contributed by atoms with E-state index >= 15 is 0 Å². The molecule has 0 unspecified atom stereocenters. The number of hydrogen-bond acceptors (Lipinski definition) is 1. The smallest absolute Gasteiger partial charge is 0.0297 e. The summed E-state index contributed by atoms with van der Waals surface area (Å²) in [5.41, 5.74) is 5.48. The van der Waals surface area contributed by atoms with Crippen molar-refractivity contribution < 1.29 is 0 Å². The molecule has 1 heteroatoms. The van der Waals surface area contributed by atoms with Crippen molar-refractivity contribution in [3.05, 3.63) is 70.8 Å².